The molecule has 110 valence electrons. The lowest BCUT2D eigenvalue weighted by Gasteiger charge is -2.13. The second kappa shape index (κ2) is 7.59. The van der Waals surface area contributed by atoms with E-state index in [0.717, 1.165) is 0 Å². The number of alkyl halides is 2. The van der Waals surface area contributed by atoms with Crippen molar-refractivity contribution in [3.8, 4) is 5.75 Å². The zero-order valence-corrected chi connectivity index (χ0v) is 11.8. The lowest BCUT2D eigenvalue weighted by Crippen LogP contribution is -2.38. The molecule has 2 N–H and O–H groups in total. The third-order valence-electron chi connectivity index (χ3n) is 2.24. The number of rotatable bonds is 5. The van der Waals surface area contributed by atoms with Crippen molar-refractivity contribution >= 4 is 28.9 Å². The van der Waals surface area contributed by atoms with Crippen molar-refractivity contribution in [2.75, 3.05) is 26.0 Å². The Hall–Kier alpha value is -1.96. The Morgan fingerprint density at radius 2 is 1.95 bits per heavy atom. The number of benzene rings is 1. The summed E-state index contributed by atoms with van der Waals surface area (Å²) in [7, 11) is 3.28. The number of halogens is 2. The van der Waals surface area contributed by atoms with E-state index in [2.05, 4.69) is 15.4 Å². The minimum Gasteiger partial charge on any atom is -0.435 e. The summed E-state index contributed by atoms with van der Waals surface area (Å²) in [6.07, 6.45) is 0. The summed E-state index contributed by atoms with van der Waals surface area (Å²) in [5.41, 5.74) is 0.599. The summed E-state index contributed by atoms with van der Waals surface area (Å²) in [6, 6.07) is 5.86. The third kappa shape index (κ3) is 5.79. The van der Waals surface area contributed by atoms with Crippen LogP contribution >= 0.6 is 12.2 Å². The first-order chi connectivity index (χ1) is 9.38. The molecule has 8 heteroatoms. The van der Waals surface area contributed by atoms with Gasteiger partial charge in [-0.3, -0.25) is 4.79 Å². The van der Waals surface area contributed by atoms with Crippen LogP contribution < -0.4 is 15.4 Å². The van der Waals surface area contributed by atoms with Crippen LogP contribution in [0, 0.1) is 0 Å². The van der Waals surface area contributed by atoms with Gasteiger partial charge in [0.25, 0.3) is 0 Å². The maximum atomic E-state index is 12.0. The molecule has 1 amide bonds. The maximum Gasteiger partial charge on any atom is 0.387 e. The van der Waals surface area contributed by atoms with Gasteiger partial charge in [0.15, 0.2) is 5.11 Å². The lowest BCUT2D eigenvalue weighted by molar-refractivity contribution is -0.127. The van der Waals surface area contributed by atoms with E-state index in [1.54, 1.807) is 26.2 Å². The predicted octanol–water partition coefficient (Wildman–Crippen LogP) is 1.66. The molecule has 0 atom stereocenters. The predicted molar refractivity (Wildman–Crippen MR) is 76.0 cm³/mol. The summed E-state index contributed by atoms with van der Waals surface area (Å²) < 4.78 is 28.2. The van der Waals surface area contributed by atoms with Crippen molar-refractivity contribution in [2.24, 2.45) is 0 Å². The number of nitrogens with zero attached hydrogens (tertiary/aromatic N) is 1. The molecule has 0 radical (unpaired) electrons. The van der Waals surface area contributed by atoms with Crippen LogP contribution in [0.3, 0.4) is 0 Å². The first kappa shape index (κ1) is 16.1. The van der Waals surface area contributed by atoms with Crippen LogP contribution in [0.5, 0.6) is 5.75 Å². The summed E-state index contributed by atoms with van der Waals surface area (Å²) in [5.74, 6) is -0.0537. The highest BCUT2D eigenvalue weighted by atomic mass is 32.1. The average Bonchev–Trinajstić information content (AvgIpc) is 2.37. The fourth-order valence-electron chi connectivity index (χ4n) is 1.21. The van der Waals surface area contributed by atoms with Crippen LogP contribution in [-0.2, 0) is 4.79 Å². The number of thiocarbonyl (C=S) groups is 1. The van der Waals surface area contributed by atoms with Crippen LogP contribution in [0.2, 0.25) is 0 Å². The van der Waals surface area contributed by atoms with Gasteiger partial charge in [0.05, 0.1) is 6.54 Å². The minimum absolute atomic E-state index is 0.0622. The molecule has 5 nitrogen and oxygen atoms in total. The van der Waals surface area contributed by atoms with Crippen molar-refractivity contribution in [3.63, 3.8) is 0 Å². The van der Waals surface area contributed by atoms with Gasteiger partial charge >= 0.3 is 6.61 Å². The van der Waals surface area contributed by atoms with Crippen LogP contribution in [0.4, 0.5) is 14.5 Å². The van der Waals surface area contributed by atoms with Crippen molar-refractivity contribution in [1.29, 1.82) is 0 Å². The molecule has 0 heterocycles. The molecule has 0 saturated heterocycles. The number of hydrogen-bond acceptors (Lipinski definition) is 3. The average molecular weight is 303 g/mol. The van der Waals surface area contributed by atoms with E-state index in [-0.39, 0.29) is 23.3 Å². The highest BCUT2D eigenvalue weighted by molar-refractivity contribution is 7.80. The van der Waals surface area contributed by atoms with Crippen LogP contribution in [-0.4, -0.2) is 43.2 Å². The molecule has 0 unspecified atom stereocenters. The van der Waals surface area contributed by atoms with E-state index in [0.29, 0.717) is 5.69 Å². The van der Waals surface area contributed by atoms with Crippen LogP contribution in [0.25, 0.3) is 0 Å². The Morgan fingerprint density at radius 3 is 2.45 bits per heavy atom. The molecule has 0 saturated carbocycles. The Morgan fingerprint density at radius 1 is 1.35 bits per heavy atom. The van der Waals surface area contributed by atoms with Gasteiger partial charge in [0, 0.05) is 19.8 Å². The zero-order chi connectivity index (χ0) is 15.1. The lowest BCUT2D eigenvalue weighted by atomic mass is 10.3. The SMILES string of the molecule is CN(C)C(=O)CNC(=S)Nc1ccc(OC(F)F)cc1. The smallest absolute Gasteiger partial charge is 0.387 e. The number of likely N-dealkylation sites (N-methyl/N-ethyl adjacent to an activating group) is 1. The number of ether oxygens (including phenoxy) is 1. The summed E-state index contributed by atoms with van der Waals surface area (Å²) in [5, 5.41) is 5.83. The van der Waals surface area contributed by atoms with E-state index in [1.807, 2.05) is 0 Å². The fourth-order valence-corrected chi connectivity index (χ4v) is 1.40. The quantitative estimate of drug-likeness (QED) is 0.810. The van der Waals surface area contributed by atoms with E-state index >= 15 is 0 Å². The van der Waals surface area contributed by atoms with Crippen molar-refractivity contribution < 1.29 is 18.3 Å². The molecule has 0 bridgehead atoms. The van der Waals surface area contributed by atoms with Crippen molar-refractivity contribution in [3.05, 3.63) is 24.3 Å². The number of hydrogen-bond donors (Lipinski definition) is 2. The molecule has 20 heavy (non-hydrogen) atoms. The molecular weight excluding hydrogens is 288 g/mol. The van der Waals surface area contributed by atoms with E-state index in [1.165, 1.54) is 17.0 Å². The number of anilines is 1. The Bertz CT molecular complexity index is 466. The van der Waals surface area contributed by atoms with Gasteiger partial charge < -0.3 is 20.3 Å². The van der Waals surface area contributed by atoms with Crippen LogP contribution in [0.15, 0.2) is 24.3 Å². The molecule has 0 aliphatic rings. The Labute approximate surface area is 120 Å². The van der Waals surface area contributed by atoms with Gasteiger partial charge in [-0.25, -0.2) is 0 Å². The summed E-state index contributed by atoms with van der Waals surface area (Å²) in [4.78, 5) is 12.8. The molecule has 0 aromatic heterocycles. The molecule has 0 aliphatic heterocycles. The zero-order valence-electron chi connectivity index (χ0n) is 11.0. The Kier molecular flexibility index (Phi) is 6.10. The molecule has 0 aliphatic carbocycles. The standard InChI is InChI=1S/C12H15F2N3O2S/c1-17(2)10(18)7-15-12(20)16-8-3-5-9(6-4-8)19-11(13)14/h3-6,11H,7H2,1-2H3,(H2,15,16,20). The number of carbonyl (C=O) groups is 1. The normalized spacial score (nSPS) is 10.1. The Balaban J connectivity index is 2.44. The fraction of sp³-hybridized carbons (Fsp3) is 0.333. The number of nitrogens with one attached hydrogen (secondary N) is 2. The summed E-state index contributed by atoms with van der Waals surface area (Å²) >= 11 is 5.00. The largest absolute Gasteiger partial charge is 0.435 e. The topological polar surface area (TPSA) is 53.6 Å². The van der Waals surface area contributed by atoms with Gasteiger partial charge in [-0.1, -0.05) is 0 Å². The highest BCUT2D eigenvalue weighted by Gasteiger charge is 2.06. The maximum absolute atomic E-state index is 12.0. The molecule has 1 aromatic carbocycles. The first-order valence-corrected chi connectivity index (χ1v) is 6.09. The highest BCUT2D eigenvalue weighted by Crippen LogP contribution is 2.17. The first-order valence-electron chi connectivity index (χ1n) is 5.68. The van der Waals surface area contributed by atoms with Crippen molar-refractivity contribution in [1.82, 2.24) is 10.2 Å². The van der Waals surface area contributed by atoms with Gasteiger partial charge in [-0.05, 0) is 36.5 Å². The van der Waals surface area contributed by atoms with E-state index in [4.69, 9.17) is 12.2 Å². The molecule has 0 spiro atoms. The number of carbonyl (C=O) groups excluding carboxylic acids is 1. The van der Waals surface area contributed by atoms with E-state index in [9.17, 15) is 13.6 Å². The monoisotopic (exact) mass is 303 g/mol. The third-order valence-corrected chi connectivity index (χ3v) is 2.48. The second-order valence-corrected chi connectivity index (χ2v) is 4.41. The molecule has 1 rings (SSSR count). The minimum atomic E-state index is -2.85. The van der Waals surface area contributed by atoms with Crippen molar-refractivity contribution in [2.45, 2.75) is 6.61 Å². The van der Waals surface area contributed by atoms with Gasteiger partial charge in [0.2, 0.25) is 5.91 Å². The van der Waals surface area contributed by atoms with Gasteiger partial charge in [-0.2, -0.15) is 8.78 Å². The second-order valence-electron chi connectivity index (χ2n) is 4.00. The van der Waals surface area contributed by atoms with E-state index < -0.39 is 6.61 Å². The molecule has 0 fully saturated rings. The number of amides is 1. The van der Waals surface area contributed by atoms with Gasteiger partial charge in [0.1, 0.15) is 5.75 Å². The molecule has 1 aromatic rings. The van der Waals surface area contributed by atoms with Gasteiger partial charge in [-0.15, -0.1) is 0 Å². The summed E-state index contributed by atoms with van der Waals surface area (Å²) in [6.45, 7) is -2.78. The van der Waals surface area contributed by atoms with Crippen LogP contribution in [0.1, 0.15) is 0 Å². The molecular formula is C12H15F2N3O2S.